The molecule has 0 bridgehead atoms. The van der Waals surface area contributed by atoms with Gasteiger partial charge in [-0.15, -0.1) is 0 Å². The maximum atomic E-state index is 12.8. The maximum absolute atomic E-state index is 12.8. The van der Waals surface area contributed by atoms with Gasteiger partial charge in [0, 0.05) is 17.8 Å². The molecule has 2 nitrogen and oxygen atoms in total. The van der Waals surface area contributed by atoms with Gasteiger partial charge in [0.1, 0.15) is 13.1 Å². The molecule has 1 heterocycles. The average molecular weight is 293 g/mol. The van der Waals surface area contributed by atoms with Crippen molar-refractivity contribution in [1.82, 2.24) is 9.55 Å². The van der Waals surface area contributed by atoms with Crippen LogP contribution in [-0.2, 0) is 12.5 Å². The van der Waals surface area contributed by atoms with Crippen LogP contribution in [0.5, 0.6) is 0 Å². The van der Waals surface area contributed by atoms with Gasteiger partial charge in [-0.2, -0.15) is 13.2 Å². The molecule has 0 spiro atoms. The van der Waals surface area contributed by atoms with Gasteiger partial charge in [-0.25, -0.2) is 4.98 Å². The fraction of sp³-hybridized carbons (Fsp3) is 0.400. The SMILES string of the molecule is C[B]Cc1ccc(-c2nc(C(F)(F)F)cn2C(C)C)cc1. The van der Waals surface area contributed by atoms with E-state index in [2.05, 4.69) is 4.98 Å². The van der Waals surface area contributed by atoms with E-state index in [1.165, 1.54) is 0 Å². The lowest BCUT2D eigenvalue weighted by Crippen LogP contribution is -2.05. The first-order chi connectivity index (χ1) is 9.82. The second kappa shape index (κ2) is 5.96. The molecule has 0 fully saturated rings. The first-order valence-corrected chi connectivity index (χ1v) is 6.86. The summed E-state index contributed by atoms with van der Waals surface area (Å²) < 4.78 is 40.1. The van der Waals surface area contributed by atoms with Crippen LogP contribution < -0.4 is 0 Å². The summed E-state index contributed by atoms with van der Waals surface area (Å²) in [5, 5.41) is 0. The molecule has 1 aromatic carbocycles. The predicted octanol–water partition coefficient (Wildman–Crippen LogP) is 4.40. The summed E-state index contributed by atoms with van der Waals surface area (Å²) in [6.45, 7) is 5.65. The van der Waals surface area contributed by atoms with Gasteiger partial charge in [-0.05, 0) is 13.8 Å². The van der Waals surface area contributed by atoms with E-state index in [1.807, 2.05) is 52.2 Å². The standard InChI is InChI=1S/C15H17BF3N2/c1-10(2)21-9-13(15(17,18)19)20-14(21)12-6-4-11(5-7-12)8-16-3/h4-7,9-10H,8H2,1-3H3. The zero-order valence-electron chi connectivity index (χ0n) is 12.3. The molecule has 0 amide bonds. The van der Waals surface area contributed by atoms with E-state index in [0.29, 0.717) is 11.4 Å². The zero-order chi connectivity index (χ0) is 15.6. The molecular weight excluding hydrogens is 276 g/mol. The van der Waals surface area contributed by atoms with Gasteiger partial charge in [0.15, 0.2) is 5.69 Å². The Bertz CT molecular complexity index is 600. The Morgan fingerprint density at radius 1 is 1.19 bits per heavy atom. The quantitative estimate of drug-likeness (QED) is 0.764. The lowest BCUT2D eigenvalue weighted by Gasteiger charge is -2.11. The Labute approximate surface area is 123 Å². The number of imidazole rings is 1. The molecule has 2 aromatic rings. The van der Waals surface area contributed by atoms with Crippen LogP contribution in [0.2, 0.25) is 6.82 Å². The highest BCUT2D eigenvalue weighted by Crippen LogP contribution is 2.32. The minimum absolute atomic E-state index is 0.0905. The lowest BCUT2D eigenvalue weighted by atomic mass is 9.75. The molecule has 1 aromatic heterocycles. The number of halogens is 3. The smallest absolute Gasteiger partial charge is 0.328 e. The summed E-state index contributed by atoms with van der Waals surface area (Å²) >= 11 is 0. The Morgan fingerprint density at radius 3 is 2.29 bits per heavy atom. The first-order valence-electron chi connectivity index (χ1n) is 6.86. The van der Waals surface area contributed by atoms with Crippen LogP contribution in [-0.4, -0.2) is 16.8 Å². The van der Waals surface area contributed by atoms with Gasteiger partial charge in [-0.1, -0.05) is 43.0 Å². The van der Waals surface area contributed by atoms with Crippen LogP contribution in [0.25, 0.3) is 11.4 Å². The molecule has 2 rings (SSSR count). The number of alkyl halides is 3. The van der Waals surface area contributed by atoms with Crippen molar-refractivity contribution < 1.29 is 13.2 Å². The van der Waals surface area contributed by atoms with Gasteiger partial charge in [0.25, 0.3) is 0 Å². The first kappa shape index (κ1) is 15.7. The summed E-state index contributed by atoms with van der Waals surface area (Å²) in [6, 6.07) is 7.39. The Balaban J connectivity index is 2.44. The zero-order valence-corrected chi connectivity index (χ0v) is 12.3. The summed E-state index contributed by atoms with van der Waals surface area (Å²) in [6.07, 6.45) is -2.51. The molecule has 0 N–H and O–H groups in total. The number of benzene rings is 1. The average Bonchev–Trinajstić information content (AvgIpc) is 2.85. The maximum Gasteiger partial charge on any atom is 0.434 e. The normalized spacial score (nSPS) is 12.0. The van der Waals surface area contributed by atoms with Crippen LogP contribution in [0.4, 0.5) is 13.2 Å². The van der Waals surface area contributed by atoms with Crippen molar-refractivity contribution in [3.8, 4) is 11.4 Å². The molecule has 0 unspecified atom stereocenters. The second-order valence-corrected chi connectivity index (χ2v) is 5.26. The van der Waals surface area contributed by atoms with Gasteiger partial charge >= 0.3 is 6.18 Å². The van der Waals surface area contributed by atoms with E-state index in [0.717, 1.165) is 18.1 Å². The van der Waals surface area contributed by atoms with E-state index in [9.17, 15) is 13.2 Å². The highest BCUT2D eigenvalue weighted by atomic mass is 19.4. The van der Waals surface area contributed by atoms with Crippen LogP contribution in [0.1, 0.15) is 31.1 Å². The molecule has 0 aliphatic carbocycles. The fourth-order valence-corrected chi connectivity index (χ4v) is 2.16. The summed E-state index contributed by atoms with van der Waals surface area (Å²) in [5.74, 6) is 0.351. The highest BCUT2D eigenvalue weighted by molar-refractivity contribution is 6.32. The van der Waals surface area contributed by atoms with Crippen molar-refractivity contribution in [2.45, 2.75) is 39.2 Å². The Hall–Kier alpha value is -1.72. The number of aromatic nitrogens is 2. The summed E-state index contributed by atoms with van der Waals surface area (Å²) in [4.78, 5) is 3.78. The third-order valence-electron chi connectivity index (χ3n) is 3.23. The second-order valence-electron chi connectivity index (χ2n) is 5.26. The molecule has 0 saturated heterocycles. The molecule has 1 radical (unpaired) electrons. The summed E-state index contributed by atoms with van der Waals surface area (Å²) in [5.41, 5.74) is 0.969. The topological polar surface area (TPSA) is 17.8 Å². The van der Waals surface area contributed by atoms with Gasteiger partial charge < -0.3 is 4.57 Å². The molecule has 21 heavy (non-hydrogen) atoms. The van der Waals surface area contributed by atoms with Crippen LogP contribution in [0.15, 0.2) is 30.5 Å². The van der Waals surface area contributed by atoms with E-state index in [-0.39, 0.29) is 6.04 Å². The molecule has 0 atom stereocenters. The van der Waals surface area contributed by atoms with Gasteiger partial charge in [0.2, 0.25) is 0 Å². The molecule has 0 aliphatic rings. The van der Waals surface area contributed by atoms with E-state index in [4.69, 9.17) is 0 Å². The van der Waals surface area contributed by atoms with Crippen molar-refractivity contribution in [3.63, 3.8) is 0 Å². The van der Waals surface area contributed by atoms with E-state index < -0.39 is 11.9 Å². The fourth-order valence-electron chi connectivity index (χ4n) is 2.16. The van der Waals surface area contributed by atoms with Gasteiger partial charge in [0.05, 0.1) is 0 Å². The lowest BCUT2D eigenvalue weighted by molar-refractivity contribution is -0.140. The number of hydrogen-bond donors (Lipinski definition) is 0. The van der Waals surface area contributed by atoms with Crippen LogP contribution >= 0.6 is 0 Å². The number of nitrogens with zero attached hydrogens (tertiary/aromatic N) is 2. The van der Waals surface area contributed by atoms with Crippen molar-refractivity contribution in [2.24, 2.45) is 0 Å². The van der Waals surface area contributed by atoms with Crippen molar-refractivity contribution >= 4 is 7.28 Å². The summed E-state index contributed by atoms with van der Waals surface area (Å²) in [7, 11) is 2.03. The molecule has 0 aliphatic heterocycles. The van der Waals surface area contributed by atoms with E-state index >= 15 is 0 Å². The predicted molar refractivity (Wildman–Crippen MR) is 78.4 cm³/mol. The molecule has 0 saturated carbocycles. The minimum Gasteiger partial charge on any atom is -0.328 e. The molecule has 111 valence electrons. The van der Waals surface area contributed by atoms with Crippen molar-refractivity contribution in [1.29, 1.82) is 0 Å². The largest absolute Gasteiger partial charge is 0.434 e. The third kappa shape index (κ3) is 3.49. The molecular formula is C15H17BF3N2. The van der Waals surface area contributed by atoms with Crippen LogP contribution in [0, 0.1) is 0 Å². The Kier molecular flexibility index (Phi) is 4.44. The van der Waals surface area contributed by atoms with Crippen molar-refractivity contribution in [2.75, 3.05) is 0 Å². The van der Waals surface area contributed by atoms with E-state index in [1.54, 1.807) is 4.57 Å². The highest BCUT2D eigenvalue weighted by Gasteiger charge is 2.35. The van der Waals surface area contributed by atoms with Crippen LogP contribution in [0.3, 0.4) is 0 Å². The molecule has 6 heteroatoms. The minimum atomic E-state index is -4.42. The Morgan fingerprint density at radius 2 is 1.81 bits per heavy atom. The van der Waals surface area contributed by atoms with Gasteiger partial charge in [-0.3, -0.25) is 0 Å². The number of hydrogen-bond acceptors (Lipinski definition) is 1. The van der Waals surface area contributed by atoms with Crippen molar-refractivity contribution in [3.05, 3.63) is 41.7 Å². The number of rotatable bonds is 4. The monoisotopic (exact) mass is 293 g/mol. The third-order valence-corrected chi connectivity index (χ3v) is 3.23.